The maximum atomic E-state index is 14.1. The van der Waals surface area contributed by atoms with E-state index in [4.69, 9.17) is 4.74 Å². The molecule has 1 amide bonds. The molecule has 2 saturated carbocycles. The Hall–Kier alpha value is -2.85. The minimum atomic E-state index is -4.20. The Bertz CT molecular complexity index is 1160. The van der Waals surface area contributed by atoms with Gasteiger partial charge in [-0.05, 0) is 62.8 Å². The second-order valence-corrected chi connectivity index (χ2v) is 10.9. The fraction of sp³-hybridized carbons (Fsp3) is 0.571. The number of pyridine rings is 1. The first-order valence-electron chi connectivity index (χ1n) is 13.7. The van der Waals surface area contributed by atoms with Gasteiger partial charge in [0.05, 0.1) is 37.7 Å². The number of hydrogen-bond acceptors (Lipinski definition) is 6. The molecular weight excluding hydrogens is 495 g/mol. The van der Waals surface area contributed by atoms with Crippen molar-refractivity contribution in [2.24, 2.45) is 5.92 Å². The lowest BCUT2D eigenvalue weighted by atomic mass is 9.84. The molecule has 10 heteroatoms. The third kappa shape index (κ3) is 5.47. The van der Waals surface area contributed by atoms with Crippen LogP contribution in [0, 0.1) is 5.92 Å². The molecule has 0 unspecified atom stereocenters. The van der Waals surface area contributed by atoms with E-state index >= 15 is 0 Å². The highest BCUT2D eigenvalue weighted by Crippen LogP contribution is 2.41. The van der Waals surface area contributed by atoms with Crippen molar-refractivity contribution in [3.05, 3.63) is 42.1 Å². The van der Waals surface area contributed by atoms with E-state index in [0.717, 1.165) is 54.4 Å². The Labute approximate surface area is 220 Å². The lowest BCUT2D eigenvalue weighted by Gasteiger charge is -2.38. The third-order valence-electron chi connectivity index (χ3n) is 8.28. The number of amides is 1. The quantitative estimate of drug-likeness (QED) is 0.582. The lowest BCUT2D eigenvalue weighted by molar-refractivity contribution is -0.154. The van der Waals surface area contributed by atoms with Gasteiger partial charge in [-0.15, -0.1) is 0 Å². The first-order chi connectivity index (χ1) is 18.4. The smallest absolute Gasteiger partial charge is 0.378 e. The average Bonchev–Trinajstić information content (AvgIpc) is 3.78. The highest BCUT2D eigenvalue weighted by atomic mass is 19.4. The number of hydrogen-bond donors (Lipinski definition) is 1. The molecule has 6 rings (SSSR count). The standard InChI is InChI=1S/C28H34F3N5O2/c29-28(30,31)18-36(22-7-8-22)21-5-3-19(4-6-21)27(37)35-17-20-2-1-11-32-26(20)33-24-10-9-23(16-25(24)35)34-12-14-38-15-13-34/h1-2,9-11,16,19,21-22H,3-8,12-15,17-18H2,(H,32,33). The van der Waals surface area contributed by atoms with Gasteiger partial charge in [-0.3, -0.25) is 9.69 Å². The molecule has 1 aromatic heterocycles. The number of halogens is 3. The van der Waals surface area contributed by atoms with E-state index < -0.39 is 12.7 Å². The zero-order chi connectivity index (χ0) is 26.3. The first-order valence-corrected chi connectivity index (χ1v) is 13.7. The molecule has 0 radical (unpaired) electrons. The summed E-state index contributed by atoms with van der Waals surface area (Å²) < 4.78 is 45.2. The van der Waals surface area contributed by atoms with Crippen LogP contribution >= 0.6 is 0 Å². The van der Waals surface area contributed by atoms with Crippen molar-refractivity contribution in [2.75, 3.05) is 48.0 Å². The maximum Gasteiger partial charge on any atom is 0.401 e. The van der Waals surface area contributed by atoms with E-state index in [1.165, 1.54) is 0 Å². The van der Waals surface area contributed by atoms with Gasteiger partial charge in [-0.1, -0.05) is 6.07 Å². The van der Waals surface area contributed by atoms with Crippen LogP contribution in [0.1, 0.15) is 44.1 Å². The fourth-order valence-corrected chi connectivity index (χ4v) is 6.17. The van der Waals surface area contributed by atoms with Crippen molar-refractivity contribution in [3.8, 4) is 0 Å². The number of fused-ring (bicyclic) bond motifs is 2. The number of morpholine rings is 1. The highest BCUT2D eigenvalue weighted by Gasteiger charge is 2.43. The number of alkyl halides is 3. The molecule has 3 fully saturated rings. The van der Waals surface area contributed by atoms with Gasteiger partial charge >= 0.3 is 6.18 Å². The highest BCUT2D eigenvalue weighted by molar-refractivity contribution is 6.00. The monoisotopic (exact) mass is 529 g/mol. The Morgan fingerprint density at radius 3 is 2.45 bits per heavy atom. The first kappa shape index (κ1) is 25.4. The van der Waals surface area contributed by atoms with Crippen LogP contribution in [0.15, 0.2) is 36.5 Å². The van der Waals surface area contributed by atoms with E-state index in [1.807, 2.05) is 23.1 Å². The molecule has 204 valence electrons. The van der Waals surface area contributed by atoms with Crippen molar-refractivity contribution >= 4 is 28.8 Å². The predicted molar refractivity (Wildman–Crippen MR) is 140 cm³/mol. The number of rotatable bonds is 5. The fourth-order valence-electron chi connectivity index (χ4n) is 6.17. The van der Waals surface area contributed by atoms with Gasteiger partial charge in [-0.2, -0.15) is 13.2 Å². The SMILES string of the molecule is O=C(C1CCC(N(CC(F)(F)F)C2CC2)CC1)N1Cc2cccnc2Nc2ccc(N3CCOCC3)cc21. The van der Waals surface area contributed by atoms with Gasteiger partial charge in [0.15, 0.2) is 0 Å². The van der Waals surface area contributed by atoms with E-state index in [9.17, 15) is 18.0 Å². The number of anilines is 4. The minimum Gasteiger partial charge on any atom is -0.378 e. The van der Waals surface area contributed by atoms with Gasteiger partial charge in [0, 0.05) is 48.5 Å². The summed E-state index contributed by atoms with van der Waals surface area (Å²) in [6, 6.07) is 9.92. The number of nitrogens with zero attached hydrogens (tertiary/aromatic N) is 4. The summed E-state index contributed by atoms with van der Waals surface area (Å²) in [6.45, 7) is 2.48. The second kappa shape index (κ2) is 10.4. The Balaban J connectivity index is 1.23. The van der Waals surface area contributed by atoms with Crippen LogP contribution in [0.4, 0.5) is 36.1 Å². The summed E-state index contributed by atoms with van der Waals surface area (Å²) in [5, 5.41) is 3.42. The van der Waals surface area contributed by atoms with Crippen molar-refractivity contribution in [1.29, 1.82) is 0 Å². The molecule has 1 N–H and O–H groups in total. The van der Waals surface area contributed by atoms with Crippen LogP contribution in [-0.4, -0.2) is 66.9 Å². The normalized spacial score (nSPS) is 23.9. The van der Waals surface area contributed by atoms with Crippen molar-refractivity contribution in [3.63, 3.8) is 0 Å². The topological polar surface area (TPSA) is 60.9 Å². The van der Waals surface area contributed by atoms with E-state index in [0.29, 0.717) is 45.4 Å². The Morgan fingerprint density at radius 2 is 1.76 bits per heavy atom. The van der Waals surface area contributed by atoms with Gasteiger partial charge in [0.2, 0.25) is 5.91 Å². The number of nitrogens with one attached hydrogen (secondary N) is 1. The number of carbonyl (C=O) groups excluding carboxylic acids is 1. The van der Waals surface area contributed by atoms with E-state index in [-0.39, 0.29) is 23.9 Å². The molecule has 1 saturated heterocycles. The molecule has 7 nitrogen and oxygen atoms in total. The van der Waals surface area contributed by atoms with Crippen LogP contribution in [0.3, 0.4) is 0 Å². The van der Waals surface area contributed by atoms with Gasteiger partial charge in [-0.25, -0.2) is 4.98 Å². The summed E-state index contributed by atoms with van der Waals surface area (Å²) in [6.07, 6.45) is 1.66. The zero-order valence-corrected chi connectivity index (χ0v) is 21.4. The zero-order valence-electron chi connectivity index (χ0n) is 21.4. The molecule has 3 heterocycles. The number of aromatic nitrogens is 1. The number of carbonyl (C=O) groups is 1. The second-order valence-electron chi connectivity index (χ2n) is 10.9. The number of ether oxygens (including phenoxy) is 1. The molecule has 38 heavy (non-hydrogen) atoms. The van der Waals surface area contributed by atoms with Crippen LogP contribution < -0.4 is 15.1 Å². The summed E-state index contributed by atoms with van der Waals surface area (Å²) in [4.78, 5) is 24.4. The largest absolute Gasteiger partial charge is 0.401 e. The molecular formula is C28H34F3N5O2. The van der Waals surface area contributed by atoms with Crippen LogP contribution in [0.25, 0.3) is 0 Å². The van der Waals surface area contributed by atoms with E-state index in [2.05, 4.69) is 27.3 Å². The lowest BCUT2D eigenvalue weighted by Crippen LogP contribution is -2.46. The Morgan fingerprint density at radius 1 is 1.05 bits per heavy atom. The van der Waals surface area contributed by atoms with E-state index in [1.54, 1.807) is 11.1 Å². The molecule has 0 bridgehead atoms. The predicted octanol–water partition coefficient (Wildman–Crippen LogP) is 5.09. The summed E-state index contributed by atoms with van der Waals surface area (Å²) in [5.41, 5.74) is 3.62. The van der Waals surface area contributed by atoms with Crippen LogP contribution in [-0.2, 0) is 16.1 Å². The maximum absolute atomic E-state index is 14.1. The van der Waals surface area contributed by atoms with Crippen molar-refractivity contribution in [2.45, 2.75) is 63.3 Å². The molecule has 1 aromatic carbocycles. The molecule has 2 aromatic rings. The van der Waals surface area contributed by atoms with Gasteiger partial charge < -0.3 is 19.9 Å². The average molecular weight is 530 g/mol. The summed E-state index contributed by atoms with van der Waals surface area (Å²) in [7, 11) is 0. The van der Waals surface area contributed by atoms with Crippen molar-refractivity contribution in [1.82, 2.24) is 9.88 Å². The molecule has 2 aliphatic heterocycles. The van der Waals surface area contributed by atoms with Gasteiger partial charge in [0.25, 0.3) is 0 Å². The van der Waals surface area contributed by atoms with Crippen LogP contribution in [0.2, 0.25) is 0 Å². The summed E-state index contributed by atoms with van der Waals surface area (Å²) in [5.74, 6) is 0.562. The molecule has 0 atom stereocenters. The Kier molecular flexibility index (Phi) is 6.94. The number of benzene rings is 1. The van der Waals surface area contributed by atoms with Gasteiger partial charge in [0.1, 0.15) is 5.82 Å². The third-order valence-corrected chi connectivity index (χ3v) is 8.28. The molecule has 4 aliphatic rings. The van der Waals surface area contributed by atoms with Crippen molar-refractivity contribution < 1.29 is 22.7 Å². The van der Waals surface area contributed by atoms with Crippen LogP contribution in [0.5, 0.6) is 0 Å². The summed E-state index contributed by atoms with van der Waals surface area (Å²) >= 11 is 0. The minimum absolute atomic E-state index is 0.0381. The molecule has 2 aliphatic carbocycles. The molecule has 0 spiro atoms.